The van der Waals surface area contributed by atoms with Gasteiger partial charge in [-0.3, -0.25) is 14.9 Å². The molecule has 1 saturated carbocycles. The minimum atomic E-state index is -0.382. The second-order valence-electron chi connectivity index (χ2n) is 8.37. The monoisotopic (exact) mass is 459 g/mol. The van der Waals surface area contributed by atoms with Crippen LogP contribution in [0, 0.1) is 0 Å². The van der Waals surface area contributed by atoms with E-state index in [9.17, 15) is 9.59 Å². The predicted molar refractivity (Wildman–Crippen MR) is 132 cm³/mol. The molecule has 1 aliphatic heterocycles. The van der Waals surface area contributed by atoms with Gasteiger partial charge in [0.15, 0.2) is 0 Å². The molecule has 3 aromatic rings. The summed E-state index contributed by atoms with van der Waals surface area (Å²) in [6.07, 6.45) is 7.53. The smallest absolute Gasteiger partial charge is 0.290 e. The van der Waals surface area contributed by atoms with Crippen LogP contribution in [-0.4, -0.2) is 33.2 Å². The first-order valence-corrected chi connectivity index (χ1v) is 12.0. The van der Waals surface area contributed by atoms with Crippen molar-refractivity contribution in [1.82, 2.24) is 20.6 Å². The summed E-state index contributed by atoms with van der Waals surface area (Å²) >= 11 is 0.887. The molecule has 1 aliphatic carbocycles. The minimum absolute atomic E-state index is 0.314. The van der Waals surface area contributed by atoms with Gasteiger partial charge in [-0.05, 0) is 65.9 Å². The molecule has 2 heterocycles. The molecule has 2 amide bonds. The molecule has 168 valence electrons. The largest absolute Gasteiger partial charge is 0.351 e. The van der Waals surface area contributed by atoms with Gasteiger partial charge in [-0.15, -0.1) is 0 Å². The minimum Gasteiger partial charge on any atom is -0.351 e. The molecule has 0 unspecified atom stereocenters. The van der Waals surface area contributed by atoms with E-state index in [-0.39, 0.29) is 11.1 Å². The van der Waals surface area contributed by atoms with Crippen molar-refractivity contribution in [2.24, 2.45) is 0 Å². The molecule has 0 bridgehead atoms. The summed E-state index contributed by atoms with van der Waals surface area (Å²) in [5.74, 6) is 0.165. The number of benzene rings is 2. The van der Waals surface area contributed by atoms with Crippen LogP contribution in [0.25, 0.3) is 16.8 Å². The van der Waals surface area contributed by atoms with E-state index in [4.69, 9.17) is 0 Å². The summed E-state index contributed by atoms with van der Waals surface area (Å²) < 4.78 is 0. The van der Waals surface area contributed by atoms with E-state index in [0.717, 1.165) is 44.0 Å². The third-order valence-corrected chi connectivity index (χ3v) is 6.93. The molecule has 7 nitrogen and oxygen atoms in total. The van der Waals surface area contributed by atoms with Crippen LogP contribution < -0.4 is 16.0 Å². The van der Waals surface area contributed by atoms with Crippen molar-refractivity contribution < 1.29 is 9.59 Å². The maximum absolute atomic E-state index is 11.7. The second kappa shape index (κ2) is 9.72. The maximum Gasteiger partial charge on any atom is 0.290 e. The molecule has 3 N–H and O–H groups in total. The Morgan fingerprint density at radius 2 is 1.79 bits per heavy atom. The summed E-state index contributed by atoms with van der Waals surface area (Å²) in [5.41, 5.74) is 1.94. The Morgan fingerprint density at radius 3 is 2.61 bits per heavy atom. The molecule has 2 aromatic carbocycles. The average Bonchev–Trinajstić information content (AvgIpc) is 3.15. The van der Waals surface area contributed by atoms with E-state index in [1.165, 1.54) is 16.3 Å². The van der Waals surface area contributed by atoms with Gasteiger partial charge >= 0.3 is 0 Å². The van der Waals surface area contributed by atoms with Gasteiger partial charge in [-0.2, -0.15) is 0 Å². The van der Waals surface area contributed by atoms with E-state index < -0.39 is 0 Å². The molecule has 0 atom stereocenters. The summed E-state index contributed by atoms with van der Waals surface area (Å²) in [5, 5.41) is 11.7. The highest BCUT2D eigenvalue weighted by Crippen LogP contribution is 2.26. The van der Waals surface area contributed by atoms with Crippen molar-refractivity contribution in [2.75, 3.05) is 5.32 Å². The molecule has 5 rings (SSSR count). The summed E-state index contributed by atoms with van der Waals surface area (Å²) in [6, 6.07) is 17.5. The standard InChI is InChI=1S/C25H25N5O2S/c31-23-22(33-25(32)30-23)14-20-12-13-26-24(29-20)28-19-10-8-18(9-11-19)27-15-17-6-3-5-16-4-1-2-7-21(16)17/h1-7,12-14,18-19,27H,8-11,15H2,(H,26,28,29)(H,30,31,32)/b22-14-/t18-,19-. The first-order valence-electron chi connectivity index (χ1n) is 11.2. The Balaban J connectivity index is 1.14. The van der Waals surface area contributed by atoms with E-state index in [0.29, 0.717) is 28.6 Å². The van der Waals surface area contributed by atoms with Gasteiger partial charge in [-0.1, -0.05) is 42.5 Å². The number of rotatable bonds is 6. The third kappa shape index (κ3) is 5.23. The quantitative estimate of drug-likeness (QED) is 0.468. The topological polar surface area (TPSA) is 96.0 Å². The number of amides is 2. The molecule has 2 fully saturated rings. The first-order chi connectivity index (χ1) is 16.1. The number of thioether (sulfide) groups is 1. The zero-order valence-corrected chi connectivity index (χ0v) is 18.9. The van der Waals surface area contributed by atoms with E-state index in [1.54, 1.807) is 18.3 Å². The molecule has 8 heteroatoms. The molecular weight excluding hydrogens is 434 g/mol. The lowest BCUT2D eigenvalue weighted by atomic mass is 9.91. The van der Waals surface area contributed by atoms with Crippen LogP contribution in [0.2, 0.25) is 0 Å². The molecule has 33 heavy (non-hydrogen) atoms. The lowest BCUT2D eigenvalue weighted by Gasteiger charge is -2.30. The van der Waals surface area contributed by atoms with Gasteiger partial charge in [0, 0.05) is 24.8 Å². The third-order valence-electron chi connectivity index (χ3n) is 6.12. The van der Waals surface area contributed by atoms with E-state index in [2.05, 4.69) is 68.4 Å². The lowest BCUT2D eigenvalue weighted by molar-refractivity contribution is -0.115. The summed E-state index contributed by atoms with van der Waals surface area (Å²) in [7, 11) is 0. The van der Waals surface area contributed by atoms with Gasteiger partial charge in [0.2, 0.25) is 5.95 Å². The number of aromatic nitrogens is 2. The average molecular weight is 460 g/mol. The molecule has 1 saturated heterocycles. The van der Waals surface area contributed by atoms with Crippen LogP contribution in [0.5, 0.6) is 0 Å². The SMILES string of the molecule is O=C1NC(=O)/C(=C/c2ccnc(N[C@H]3CC[C@H](NCc4cccc5ccccc45)CC3)n2)S1. The lowest BCUT2D eigenvalue weighted by Crippen LogP contribution is -2.36. The van der Waals surface area contributed by atoms with Crippen molar-refractivity contribution in [3.8, 4) is 0 Å². The van der Waals surface area contributed by atoms with Crippen LogP contribution in [0.3, 0.4) is 0 Å². The number of hydrogen-bond donors (Lipinski definition) is 3. The summed E-state index contributed by atoms with van der Waals surface area (Å²) in [6.45, 7) is 0.873. The maximum atomic E-state index is 11.7. The number of nitrogens with zero attached hydrogens (tertiary/aromatic N) is 2. The Bertz CT molecular complexity index is 1210. The fourth-order valence-electron chi connectivity index (χ4n) is 4.40. The zero-order chi connectivity index (χ0) is 22.6. The molecule has 1 aromatic heterocycles. The van der Waals surface area contributed by atoms with Gasteiger partial charge in [0.25, 0.3) is 11.1 Å². The fraction of sp³-hybridized carbons (Fsp3) is 0.280. The highest BCUT2D eigenvalue weighted by Gasteiger charge is 2.25. The number of carbonyl (C=O) groups excluding carboxylic acids is 2. The molecule has 0 radical (unpaired) electrons. The fourth-order valence-corrected chi connectivity index (χ4v) is 5.07. The molecule has 2 aliphatic rings. The van der Waals surface area contributed by atoms with E-state index in [1.807, 2.05) is 0 Å². The Hall–Kier alpha value is -3.23. The number of anilines is 1. The van der Waals surface area contributed by atoms with Crippen LogP contribution in [0.1, 0.15) is 36.9 Å². The number of imide groups is 1. The number of carbonyl (C=O) groups is 2. The highest BCUT2D eigenvalue weighted by atomic mass is 32.2. The number of hydrogen-bond acceptors (Lipinski definition) is 7. The van der Waals surface area contributed by atoms with Crippen molar-refractivity contribution in [2.45, 2.75) is 44.3 Å². The van der Waals surface area contributed by atoms with Crippen LogP contribution in [0.15, 0.2) is 59.6 Å². The Morgan fingerprint density at radius 1 is 1.00 bits per heavy atom. The molecule has 0 spiro atoms. The van der Waals surface area contributed by atoms with E-state index >= 15 is 0 Å². The van der Waals surface area contributed by atoms with Crippen molar-refractivity contribution in [3.63, 3.8) is 0 Å². The van der Waals surface area contributed by atoms with Crippen LogP contribution in [-0.2, 0) is 11.3 Å². The first kappa shape index (κ1) is 21.6. The zero-order valence-electron chi connectivity index (χ0n) is 18.1. The summed E-state index contributed by atoms with van der Waals surface area (Å²) in [4.78, 5) is 32.2. The number of fused-ring (bicyclic) bond motifs is 1. The van der Waals surface area contributed by atoms with Crippen molar-refractivity contribution in [3.05, 3.63) is 70.9 Å². The van der Waals surface area contributed by atoms with Crippen LogP contribution in [0.4, 0.5) is 10.7 Å². The predicted octanol–water partition coefficient (Wildman–Crippen LogP) is 4.47. The van der Waals surface area contributed by atoms with Crippen LogP contribution >= 0.6 is 11.8 Å². The number of nitrogens with one attached hydrogen (secondary N) is 3. The highest BCUT2D eigenvalue weighted by molar-refractivity contribution is 8.18. The van der Waals surface area contributed by atoms with Gasteiger partial charge in [-0.25, -0.2) is 9.97 Å². The Labute approximate surface area is 196 Å². The van der Waals surface area contributed by atoms with Crippen molar-refractivity contribution >= 4 is 45.7 Å². The normalized spacial score (nSPS) is 22.0. The van der Waals surface area contributed by atoms with Gasteiger partial charge in [0.05, 0.1) is 10.6 Å². The van der Waals surface area contributed by atoms with Gasteiger partial charge in [0.1, 0.15) is 0 Å². The van der Waals surface area contributed by atoms with Crippen molar-refractivity contribution in [1.29, 1.82) is 0 Å². The Kier molecular flexibility index (Phi) is 6.37. The molecular formula is C25H25N5O2S. The van der Waals surface area contributed by atoms with Gasteiger partial charge < -0.3 is 10.6 Å². The second-order valence-corrected chi connectivity index (χ2v) is 9.38.